The number of nitrogens with one attached hydrogen (secondary N) is 12. The number of halogens is 2. The van der Waals surface area contributed by atoms with Gasteiger partial charge in [-0.1, -0.05) is 53.0 Å². The molecule has 0 aliphatic heterocycles. The molecule has 736 valence electrons. The number of amides is 2. The van der Waals surface area contributed by atoms with E-state index in [1.807, 2.05) is 210 Å². The molecule has 52 heteroatoms. The van der Waals surface area contributed by atoms with E-state index < -0.39 is 6.10 Å². The van der Waals surface area contributed by atoms with Gasteiger partial charge in [0.1, 0.15) is 56.0 Å². The molecule has 1 unspecified atom stereocenters. The van der Waals surface area contributed by atoms with Gasteiger partial charge in [-0.05, 0) is 209 Å². The lowest BCUT2D eigenvalue weighted by Gasteiger charge is -2.10. The molecule has 2 amide bonds. The van der Waals surface area contributed by atoms with E-state index in [-0.39, 0.29) is 23.5 Å². The monoisotopic (exact) mass is 2150 g/mol. The number of hydrogen-bond acceptors (Lipinski definition) is 38. The van der Waals surface area contributed by atoms with Gasteiger partial charge in [-0.3, -0.25) is 57.1 Å². The Morgan fingerprint density at radius 1 is 0.425 bits per heavy atom. The average Bonchev–Trinajstić information content (AvgIpc) is 1.64. The van der Waals surface area contributed by atoms with Crippen LogP contribution in [0, 0.1) is 46.4 Å². The summed E-state index contributed by atoms with van der Waals surface area (Å²) < 4.78 is 44.8. The summed E-state index contributed by atoms with van der Waals surface area (Å²) in [4.78, 5) is 72.7. The van der Waals surface area contributed by atoms with Crippen molar-refractivity contribution in [3.8, 4) is 56.3 Å². The molecule has 20 aromatic heterocycles. The van der Waals surface area contributed by atoms with Gasteiger partial charge in [0.05, 0.1) is 125 Å². The first-order chi connectivity index (χ1) is 71.1. The summed E-state index contributed by atoms with van der Waals surface area (Å²) in [6.45, 7) is 13.6. The number of aliphatic hydroxyl groups is 1. The number of fused-ring (bicyclic) bond motifs is 5. The summed E-state index contributed by atoms with van der Waals surface area (Å²) in [7, 11) is 0. The fourth-order valence-electron chi connectivity index (χ4n) is 14.4. The summed E-state index contributed by atoms with van der Waals surface area (Å²) in [6.07, 6.45) is 38.3. The van der Waals surface area contributed by atoms with Crippen LogP contribution in [-0.4, -0.2) is 186 Å². The molecule has 0 spiro atoms. The number of aromatic nitrogens is 30. The summed E-state index contributed by atoms with van der Waals surface area (Å²) in [5.41, 5.74) is 18.4. The lowest BCUT2D eigenvalue weighted by molar-refractivity contribution is -0.119. The standard InChI is InChI=1S/C23H20N8OS2.C19H14ClN7S2.C19H14FN7S2.C17H18N8OS2.C16H17N7OS2/c1-13-8-19(34-30-13)28-21-22-24-11-18(15-9-25-26-10-15)31(22)12-20(29-21)33-17-6-4-16(5-7-17)27-23(32)14-2-3-14;1-11-5-16(29-26-11)24-18-19-21-9-15(12-7-22-23-8-12)27(19)10-17(25-18)28-14-4-2-3-13(20)6-14;1-11-6-16(29-26-11)24-18-19-21-9-15(12-7-22-23-8-12)27(19)10-17(25-18)28-14-4-2-13(20)3-5-14;1-10-5-14(28-24-10)22-16-17-19-8-13(12-6-20-21-7-12)25(17)9-15(23-16)27-4-3-18-11(2)26;1-9-3-13(26-22-9)20-15-16-17-6-12(11-4-18-19-5-11)23(16)7-14(21-15)25-8-10(2)24/h4-12,14H,2-3H2,1H3,(H,25,26)(H,27,32)(H,28,29);2*2-10H,1H3,(H,22,23)(H,24,25);5-9H,3-4H2,1-2H3,(H,18,26)(H,20,21)(H,22,23);3-7,10,24H,8H2,1-2H3,(H,18,19)(H,20,21). The van der Waals surface area contributed by atoms with Crippen LogP contribution < -0.4 is 37.2 Å². The van der Waals surface area contributed by atoms with Crippen molar-refractivity contribution >= 4 is 228 Å². The Bertz CT molecular complexity index is 8420. The maximum Gasteiger partial charge on any atom is 0.227 e. The lowest BCUT2D eigenvalue weighted by Crippen LogP contribution is -2.22. The molecular weight excluding hydrogens is 2070 g/mol. The predicted molar refractivity (Wildman–Crippen MR) is 573 cm³/mol. The molecular formula is C94H83ClFN37O3S10. The Balaban J connectivity index is 0.000000111. The molecule has 1 fully saturated rings. The second-order valence-electron chi connectivity index (χ2n) is 32.5. The van der Waals surface area contributed by atoms with Crippen LogP contribution >= 0.6 is 128 Å². The van der Waals surface area contributed by atoms with Crippen molar-refractivity contribution in [3.63, 3.8) is 0 Å². The van der Waals surface area contributed by atoms with E-state index in [1.165, 1.54) is 124 Å². The third-order valence-corrected chi connectivity index (χ3v) is 30.2. The van der Waals surface area contributed by atoms with Crippen LogP contribution in [0.2, 0.25) is 5.02 Å². The number of H-pyrrole nitrogens is 5. The highest BCUT2D eigenvalue weighted by Crippen LogP contribution is 2.41. The zero-order valence-corrected chi connectivity index (χ0v) is 86.8. The second kappa shape index (κ2) is 45.0. The summed E-state index contributed by atoms with van der Waals surface area (Å²) >= 11 is 20.6. The minimum Gasteiger partial charge on any atom is -0.393 e. The quantitative estimate of drug-likeness (QED) is 0.0147. The molecule has 23 aromatic rings. The number of benzene rings is 3. The molecule has 24 rings (SSSR count). The van der Waals surface area contributed by atoms with Crippen molar-refractivity contribution in [1.29, 1.82) is 0 Å². The number of aliphatic hydroxyl groups excluding tert-OH is 1. The highest BCUT2D eigenvalue weighted by Gasteiger charge is 2.30. The summed E-state index contributed by atoms with van der Waals surface area (Å²) in [6, 6.07) is 31.8. The van der Waals surface area contributed by atoms with Gasteiger partial charge in [-0.15, -0.1) is 23.5 Å². The largest absolute Gasteiger partial charge is 0.393 e. The number of nitrogens with zero attached hydrogens (tertiary/aromatic N) is 25. The number of hydrogen-bond donors (Lipinski definition) is 13. The highest BCUT2D eigenvalue weighted by molar-refractivity contribution is 8.00. The Morgan fingerprint density at radius 2 is 0.740 bits per heavy atom. The van der Waals surface area contributed by atoms with Crippen molar-refractivity contribution < 1.29 is 19.1 Å². The van der Waals surface area contributed by atoms with Gasteiger partial charge >= 0.3 is 0 Å². The topological polar surface area (TPSA) is 497 Å². The maximum atomic E-state index is 13.2. The van der Waals surface area contributed by atoms with Crippen LogP contribution in [0.25, 0.3) is 84.5 Å². The molecule has 0 saturated heterocycles. The Labute approximate surface area is 875 Å². The molecule has 1 atom stereocenters. The van der Waals surface area contributed by atoms with Gasteiger partial charge in [-0.25, -0.2) is 54.2 Å². The van der Waals surface area contributed by atoms with E-state index in [4.69, 9.17) is 31.5 Å². The smallest absolute Gasteiger partial charge is 0.227 e. The number of thioether (sulfide) groups is 2. The van der Waals surface area contributed by atoms with Gasteiger partial charge in [-0.2, -0.15) is 47.4 Å². The molecule has 1 aliphatic rings. The Hall–Kier alpha value is -15.2. The molecule has 0 radical (unpaired) electrons. The number of aryl methyl sites for hydroxylation is 5. The fraction of sp³-hybridized carbons (Fsp3) is 0.149. The average molecular weight is 2150 g/mol. The zero-order chi connectivity index (χ0) is 100. The van der Waals surface area contributed by atoms with Crippen LogP contribution in [0.1, 0.15) is 55.2 Å². The molecule has 146 heavy (non-hydrogen) atoms. The molecule has 20 heterocycles. The van der Waals surface area contributed by atoms with E-state index in [9.17, 15) is 19.1 Å². The molecule has 0 bridgehead atoms. The van der Waals surface area contributed by atoms with Crippen molar-refractivity contribution in [2.75, 3.05) is 50.0 Å². The number of carbonyl (C=O) groups excluding carboxylic acids is 2. The number of imidazole rings is 5. The second-order valence-corrected chi connectivity index (χ2v) is 42.4. The molecule has 40 nitrogen and oxygen atoms in total. The minimum absolute atomic E-state index is 0.0382. The maximum absolute atomic E-state index is 13.2. The van der Waals surface area contributed by atoms with Crippen LogP contribution in [0.15, 0.2) is 267 Å². The first-order valence-corrected chi connectivity index (χ1v) is 53.3. The highest BCUT2D eigenvalue weighted by atomic mass is 35.5. The van der Waals surface area contributed by atoms with Gasteiger partial charge in [0.2, 0.25) is 11.8 Å². The number of aromatic amines is 5. The number of rotatable bonds is 30. The van der Waals surface area contributed by atoms with Crippen molar-refractivity contribution in [2.45, 2.75) is 107 Å². The third-order valence-electron chi connectivity index (χ3n) is 21.2. The van der Waals surface area contributed by atoms with Crippen molar-refractivity contribution in [1.82, 2.24) is 150 Å². The Kier molecular flexibility index (Phi) is 30.3. The van der Waals surface area contributed by atoms with E-state index >= 15 is 0 Å². The first kappa shape index (κ1) is 98.2. The minimum atomic E-state index is -0.408. The molecule has 13 N–H and O–H groups in total. The molecule has 3 aromatic carbocycles. The summed E-state index contributed by atoms with van der Waals surface area (Å²) in [5.74, 6) is 4.50. The third kappa shape index (κ3) is 24.2. The van der Waals surface area contributed by atoms with Gasteiger partial charge in [0, 0.05) is 146 Å². The van der Waals surface area contributed by atoms with Crippen LogP contribution in [-0.2, 0) is 9.59 Å². The van der Waals surface area contributed by atoms with Crippen LogP contribution in [0.4, 0.5) is 64.2 Å². The predicted octanol–water partition coefficient (Wildman–Crippen LogP) is 21.4. The van der Waals surface area contributed by atoms with Crippen LogP contribution in [0.3, 0.4) is 0 Å². The van der Waals surface area contributed by atoms with Gasteiger partial charge < -0.3 is 42.3 Å². The SMILES string of the molecule is CC(=O)NCCSc1cn2c(-c3cn[nH]c3)cnc2c(Nc2cc(C)ns2)n1.Cc1cc(Nc2nc(SCC(C)O)cn3c(-c4cn[nH]c4)cnc23)sn1.Cc1cc(Nc2nc(Sc3ccc(F)cc3)cn3c(-c4cn[nH]c4)cnc23)sn1.Cc1cc(Nc2nc(Sc3ccc(NC(=O)C4CC4)cc3)cn3c(-c4cn[nH]c4)cnc23)sn1.Cc1cc(Nc2nc(Sc3cccc(Cl)c3)cn3c(-c4cn[nH]c4)cnc23)sn1. The fourth-order valence-corrected chi connectivity index (χ4v) is 22.0. The summed E-state index contributed by atoms with van der Waals surface area (Å²) in [5, 5.41) is 75.7. The van der Waals surface area contributed by atoms with E-state index in [1.54, 1.807) is 80.4 Å². The molecule has 1 saturated carbocycles. The number of carbonyl (C=O) groups is 2. The van der Waals surface area contributed by atoms with Gasteiger partial charge in [0.25, 0.3) is 0 Å². The van der Waals surface area contributed by atoms with Crippen molar-refractivity contribution in [2.24, 2.45) is 5.92 Å². The molecule has 1 aliphatic carbocycles. The number of anilines is 11. The Morgan fingerprint density at radius 3 is 1.03 bits per heavy atom. The van der Waals surface area contributed by atoms with Crippen LogP contribution in [0.5, 0.6) is 0 Å². The van der Waals surface area contributed by atoms with Gasteiger partial charge in [0.15, 0.2) is 57.3 Å². The first-order valence-electron chi connectivity index (χ1n) is 44.6. The normalized spacial score (nSPS) is 11.9. The van der Waals surface area contributed by atoms with E-state index in [0.29, 0.717) is 74.8 Å². The lowest BCUT2D eigenvalue weighted by atomic mass is 10.3. The van der Waals surface area contributed by atoms with E-state index in [0.717, 1.165) is 174 Å². The van der Waals surface area contributed by atoms with Crippen molar-refractivity contribution in [3.05, 3.63) is 266 Å². The zero-order valence-electron chi connectivity index (χ0n) is 77.8. The van der Waals surface area contributed by atoms with E-state index in [2.05, 4.69) is 140 Å².